The Bertz CT molecular complexity index is 522. The van der Waals surface area contributed by atoms with Gasteiger partial charge >= 0.3 is 0 Å². The van der Waals surface area contributed by atoms with Crippen molar-refractivity contribution in [1.29, 1.82) is 0 Å². The van der Waals surface area contributed by atoms with E-state index >= 15 is 0 Å². The minimum atomic E-state index is -2.95. The van der Waals surface area contributed by atoms with Crippen molar-refractivity contribution >= 4 is 27.1 Å². The molecule has 1 aromatic heterocycles. The molecule has 106 valence electrons. The number of amides is 1. The van der Waals surface area contributed by atoms with Gasteiger partial charge in [-0.05, 0) is 24.3 Å². The third-order valence-electron chi connectivity index (χ3n) is 3.34. The van der Waals surface area contributed by atoms with Crippen LogP contribution in [0, 0.1) is 0 Å². The molecular weight excluding hydrogens is 282 g/mol. The van der Waals surface area contributed by atoms with Crippen molar-refractivity contribution in [2.45, 2.75) is 32.2 Å². The standard InChI is InChI=1S/C13H19NO3S2/c1-2-6-14(11-5-8-19(16,17)10-11)13(15)9-12-4-3-7-18-12/h3-4,7,11H,2,5-6,8-10H2,1H3. The Morgan fingerprint density at radius 2 is 2.32 bits per heavy atom. The first-order valence-electron chi connectivity index (χ1n) is 6.54. The minimum absolute atomic E-state index is 0.0476. The largest absolute Gasteiger partial charge is 0.338 e. The first-order valence-corrected chi connectivity index (χ1v) is 9.24. The molecule has 4 nitrogen and oxygen atoms in total. The van der Waals surface area contributed by atoms with Crippen molar-refractivity contribution in [3.05, 3.63) is 22.4 Å². The highest BCUT2D eigenvalue weighted by Crippen LogP contribution is 2.20. The maximum Gasteiger partial charge on any atom is 0.228 e. The fourth-order valence-corrected chi connectivity index (χ4v) is 4.86. The number of thiophene rings is 1. The Morgan fingerprint density at radius 3 is 2.84 bits per heavy atom. The Labute approximate surface area is 118 Å². The van der Waals surface area contributed by atoms with Crippen LogP contribution >= 0.6 is 11.3 Å². The molecule has 0 N–H and O–H groups in total. The van der Waals surface area contributed by atoms with Gasteiger partial charge in [-0.3, -0.25) is 4.79 Å². The molecule has 1 amide bonds. The van der Waals surface area contributed by atoms with Crippen molar-refractivity contribution in [2.75, 3.05) is 18.1 Å². The molecule has 1 fully saturated rings. The molecule has 2 rings (SSSR count). The van der Waals surface area contributed by atoms with Crippen LogP contribution in [0.1, 0.15) is 24.6 Å². The molecule has 2 heterocycles. The summed E-state index contributed by atoms with van der Waals surface area (Å²) in [5.74, 6) is 0.388. The minimum Gasteiger partial charge on any atom is -0.338 e. The number of nitrogens with zero attached hydrogens (tertiary/aromatic N) is 1. The van der Waals surface area contributed by atoms with E-state index in [1.165, 1.54) is 0 Å². The third kappa shape index (κ3) is 3.79. The summed E-state index contributed by atoms with van der Waals surface area (Å²) in [6, 6.07) is 3.74. The summed E-state index contributed by atoms with van der Waals surface area (Å²) >= 11 is 1.56. The van der Waals surface area contributed by atoms with Crippen LogP contribution in [0.5, 0.6) is 0 Å². The van der Waals surface area contributed by atoms with E-state index in [1.807, 2.05) is 24.4 Å². The molecule has 19 heavy (non-hydrogen) atoms. The first kappa shape index (κ1) is 14.5. The summed E-state index contributed by atoms with van der Waals surface area (Å²) < 4.78 is 23.1. The van der Waals surface area contributed by atoms with Gasteiger partial charge in [0.2, 0.25) is 5.91 Å². The van der Waals surface area contributed by atoms with Gasteiger partial charge in [0, 0.05) is 17.5 Å². The summed E-state index contributed by atoms with van der Waals surface area (Å²) in [4.78, 5) is 15.1. The summed E-state index contributed by atoms with van der Waals surface area (Å²) in [7, 11) is -2.95. The molecule has 1 aliphatic heterocycles. The van der Waals surface area contributed by atoms with Crippen LogP contribution in [0.2, 0.25) is 0 Å². The average Bonchev–Trinajstić information content (AvgIpc) is 2.95. The van der Waals surface area contributed by atoms with Crippen molar-refractivity contribution in [3.63, 3.8) is 0 Å². The van der Waals surface area contributed by atoms with Crippen molar-refractivity contribution < 1.29 is 13.2 Å². The molecule has 1 unspecified atom stereocenters. The number of hydrogen-bond donors (Lipinski definition) is 0. The molecule has 1 saturated heterocycles. The lowest BCUT2D eigenvalue weighted by atomic mass is 10.2. The number of carbonyl (C=O) groups is 1. The lowest BCUT2D eigenvalue weighted by Gasteiger charge is -2.27. The van der Waals surface area contributed by atoms with Crippen molar-refractivity contribution in [1.82, 2.24) is 4.90 Å². The van der Waals surface area contributed by atoms with Crippen LogP contribution in [0.15, 0.2) is 17.5 Å². The average molecular weight is 301 g/mol. The Kier molecular flexibility index (Phi) is 4.62. The van der Waals surface area contributed by atoms with Crippen LogP contribution in [0.25, 0.3) is 0 Å². The Hall–Kier alpha value is -0.880. The molecule has 1 aliphatic rings. The topological polar surface area (TPSA) is 54.5 Å². The number of carbonyl (C=O) groups excluding carboxylic acids is 1. The molecule has 0 aromatic carbocycles. The van der Waals surface area contributed by atoms with Gasteiger partial charge in [-0.2, -0.15) is 0 Å². The SMILES string of the molecule is CCCN(C(=O)Cc1cccs1)C1CCS(=O)(=O)C1. The van der Waals surface area contributed by atoms with Crippen LogP contribution in [0.4, 0.5) is 0 Å². The summed E-state index contributed by atoms with van der Waals surface area (Å²) in [5, 5.41) is 1.95. The van der Waals surface area contributed by atoms with Gasteiger partial charge in [-0.1, -0.05) is 13.0 Å². The van der Waals surface area contributed by atoms with E-state index in [2.05, 4.69) is 0 Å². The molecule has 0 radical (unpaired) electrons. The lowest BCUT2D eigenvalue weighted by molar-refractivity contribution is -0.132. The molecule has 0 aliphatic carbocycles. The van der Waals surface area contributed by atoms with Crippen LogP contribution in [-0.2, 0) is 21.1 Å². The maximum atomic E-state index is 12.3. The predicted molar refractivity (Wildman–Crippen MR) is 77.1 cm³/mol. The van der Waals surface area contributed by atoms with E-state index in [-0.39, 0.29) is 23.5 Å². The number of hydrogen-bond acceptors (Lipinski definition) is 4. The molecule has 1 atom stereocenters. The molecule has 1 aromatic rings. The zero-order valence-electron chi connectivity index (χ0n) is 11.0. The van der Waals surface area contributed by atoms with Crippen LogP contribution in [0.3, 0.4) is 0 Å². The van der Waals surface area contributed by atoms with Gasteiger partial charge in [0.05, 0.1) is 17.9 Å². The van der Waals surface area contributed by atoms with Gasteiger partial charge < -0.3 is 4.90 Å². The fraction of sp³-hybridized carbons (Fsp3) is 0.615. The van der Waals surface area contributed by atoms with E-state index in [4.69, 9.17) is 0 Å². The van der Waals surface area contributed by atoms with E-state index < -0.39 is 9.84 Å². The zero-order valence-corrected chi connectivity index (χ0v) is 12.7. The van der Waals surface area contributed by atoms with Crippen LogP contribution < -0.4 is 0 Å². The van der Waals surface area contributed by atoms with E-state index in [9.17, 15) is 13.2 Å². The van der Waals surface area contributed by atoms with E-state index in [0.29, 0.717) is 19.4 Å². The summed E-state index contributed by atoms with van der Waals surface area (Å²) in [5.41, 5.74) is 0. The second-order valence-electron chi connectivity index (χ2n) is 4.90. The maximum absolute atomic E-state index is 12.3. The second kappa shape index (κ2) is 6.05. The summed E-state index contributed by atoms with van der Waals surface area (Å²) in [6.45, 7) is 2.65. The fourth-order valence-electron chi connectivity index (χ4n) is 2.44. The highest BCUT2D eigenvalue weighted by molar-refractivity contribution is 7.91. The Morgan fingerprint density at radius 1 is 1.53 bits per heavy atom. The highest BCUT2D eigenvalue weighted by Gasteiger charge is 2.34. The van der Waals surface area contributed by atoms with Gasteiger partial charge in [0.25, 0.3) is 0 Å². The molecule has 0 bridgehead atoms. The third-order valence-corrected chi connectivity index (χ3v) is 5.97. The van der Waals surface area contributed by atoms with Gasteiger partial charge in [0.1, 0.15) is 0 Å². The molecule has 6 heteroatoms. The van der Waals surface area contributed by atoms with Crippen LogP contribution in [-0.4, -0.2) is 43.3 Å². The van der Waals surface area contributed by atoms with E-state index in [0.717, 1.165) is 11.3 Å². The highest BCUT2D eigenvalue weighted by atomic mass is 32.2. The number of rotatable bonds is 5. The van der Waals surface area contributed by atoms with Gasteiger partial charge in [-0.15, -0.1) is 11.3 Å². The zero-order chi connectivity index (χ0) is 13.9. The molecule has 0 spiro atoms. The normalized spacial score (nSPS) is 21.4. The summed E-state index contributed by atoms with van der Waals surface area (Å²) in [6.07, 6.45) is 1.82. The molecular formula is C13H19NO3S2. The van der Waals surface area contributed by atoms with Gasteiger partial charge in [-0.25, -0.2) is 8.42 Å². The monoisotopic (exact) mass is 301 g/mol. The number of sulfone groups is 1. The predicted octanol–water partition coefficient (Wildman–Crippen LogP) is 1.72. The van der Waals surface area contributed by atoms with Gasteiger partial charge in [0.15, 0.2) is 9.84 Å². The van der Waals surface area contributed by atoms with E-state index in [1.54, 1.807) is 16.2 Å². The molecule has 0 saturated carbocycles. The quantitative estimate of drug-likeness (QED) is 0.832. The smallest absolute Gasteiger partial charge is 0.228 e. The van der Waals surface area contributed by atoms with Crippen molar-refractivity contribution in [2.24, 2.45) is 0 Å². The first-order chi connectivity index (χ1) is 9.02. The Balaban J connectivity index is 2.05. The van der Waals surface area contributed by atoms with Crippen molar-refractivity contribution in [3.8, 4) is 0 Å². The second-order valence-corrected chi connectivity index (χ2v) is 8.16. The lowest BCUT2D eigenvalue weighted by Crippen LogP contribution is -2.42.